The van der Waals surface area contributed by atoms with Gasteiger partial charge in [-0.05, 0) is 6.92 Å². The summed E-state index contributed by atoms with van der Waals surface area (Å²) in [7, 11) is 1.91. The van der Waals surface area contributed by atoms with E-state index in [4.69, 9.17) is 0 Å². The lowest BCUT2D eigenvalue weighted by Crippen LogP contribution is -2.16. The van der Waals surface area contributed by atoms with Crippen LogP contribution in [0.4, 0.5) is 0 Å². The molecule has 0 N–H and O–H groups in total. The average Bonchev–Trinajstić information content (AvgIpc) is 2.83. The molecule has 0 fully saturated rings. The fourth-order valence-corrected chi connectivity index (χ4v) is 2.02. The average molecular weight is 239 g/mol. The van der Waals surface area contributed by atoms with Crippen LogP contribution in [0.25, 0.3) is 17.0 Å². The van der Waals surface area contributed by atoms with Gasteiger partial charge in [0.15, 0.2) is 0 Å². The van der Waals surface area contributed by atoms with Crippen molar-refractivity contribution in [3.05, 3.63) is 58.6 Å². The van der Waals surface area contributed by atoms with Crippen LogP contribution in [0.3, 0.4) is 0 Å². The molecule has 0 saturated heterocycles. The highest BCUT2D eigenvalue weighted by Gasteiger charge is 2.09. The summed E-state index contributed by atoms with van der Waals surface area (Å²) in [5.74, 6) is 0.666. The maximum atomic E-state index is 11.9. The zero-order valence-electron chi connectivity index (χ0n) is 10.3. The van der Waals surface area contributed by atoms with Crippen molar-refractivity contribution < 1.29 is 0 Å². The van der Waals surface area contributed by atoms with Gasteiger partial charge < -0.3 is 4.57 Å². The molecule has 0 aliphatic rings. The van der Waals surface area contributed by atoms with Gasteiger partial charge in [-0.1, -0.05) is 30.3 Å². The number of hydrogen-bond donors (Lipinski definition) is 0. The Morgan fingerprint density at radius 3 is 2.61 bits per heavy atom. The molecule has 4 nitrogen and oxygen atoms in total. The maximum absolute atomic E-state index is 11.9. The summed E-state index contributed by atoms with van der Waals surface area (Å²) in [6.45, 7) is 1.90. The van der Waals surface area contributed by atoms with Crippen molar-refractivity contribution in [2.24, 2.45) is 7.05 Å². The second-order valence-electron chi connectivity index (χ2n) is 4.35. The van der Waals surface area contributed by atoms with Gasteiger partial charge in [0.2, 0.25) is 5.78 Å². The van der Waals surface area contributed by atoms with Gasteiger partial charge in [0.1, 0.15) is 0 Å². The van der Waals surface area contributed by atoms with Gasteiger partial charge in [-0.3, -0.25) is 9.20 Å². The number of aryl methyl sites for hydroxylation is 2. The van der Waals surface area contributed by atoms with Crippen LogP contribution >= 0.6 is 0 Å². The van der Waals surface area contributed by atoms with E-state index in [-0.39, 0.29) is 5.56 Å². The maximum Gasteiger partial charge on any atom is 0.259 e. The van der Waals surface area contributed by atoms with Gasteiger partial charge in [0.05, 0.1) is 5.69 Å². The number of fused-ring (bicyclic) bond motifs is 1. The van der Waals surface area contributed by atoms with E-state index in [0.29, 0.717) is 5.78 Å². The minimum atomic E-state index is -0.0460. The van der Waals surface area contributed by atoms with Gasteiger partial charge >= 0.3 is 0 Å². The highest BCUT2D eigenvalue weighted by atomic mass is 16.1. The van der Waals surface area contributed by atoms with Crippen molar-refractivity contribution in [2.45, 2.75) is 6.92 Å². The third kappa shape index (κ3) is 1.54. The molecule has 0 saturated carbocycles. The molecule has 1 aromatic carbocycles. The van der Waals surface area contributed by atoms with Gasteiger partial charge in [0.25, 0.3) is 5.56 Å². The first-order chi connectivity index (χ1) is 8.66. The SMILES string of the molecule is Cc1cc(=O)n2cc(-c3ccccc3)nc2n1C. The second kappa shape index (κ2) is 3.84. The van der Waals surface area contributed by atoms with Crippen LogP contribution in [0.2, 0.25) is 0 Å². The normalized spacial score (nSPS) is 11.0. The number of nitrogens with zero attached hydrogens (tertiary/aromatic N) is 3. The fraction of sp³-hybridized carbons (Fsp3) is 0.143. The summed E-state index contributed by atoms with van der Waals surface area (Å²) in [6.07, 6.45) is 1.78. The topological polar surface area (TPSA) is 39.3 Å². The molecule has 0 radical (unpaired) electrons. The van der Waals surface area contributed by atoms with Crippen molar-refractivity contribution in [1.82, 2.24) is 14.0 Å². The number of benzene rings is 1. The molecule has 0 atom stereocenters. The molecule has 2 aromatic heterocycles. The molecular formula is C14H13N3O. The van der Waals surface area contributed by atoms with Gasteiger partial charge in [-0.15, -0.1) is 0 Å². The van der Waals surface area contributed by atoms with Crippen molar-refractivity contribution in [3.8, 4) is 11.3 Å². The highest BCUT2D eigenvalue weighted by molar-refractivity contribution is 5.61. The standard InChI is InChI=1S/C14H13N3O/c1-10-8-13(18)17-9-12(15-14(17)16(10)2)11-6-4-3-5-7-11/h3-9H,1-2H3. The Kier molecular flexibility index (Phi) is 2.30. The summed E-state index contributed by atoms with van der Waals surface area (Å²) in [6, 6.07) is 11.5. The Morgan fingerprint density at radius 2 is 1.89 bits per heavy atom. The van der Waals surface area contributed by atoms with Crippen LogP contribution in [0.5, 0.6) is 0 Å². The molecule has 0 amide bonds. The quantitative estimate of drug-likeness (QED) is 0.651. The summed E-state index contributed by atoms with van der Waals surface area (Å²) in [5, 5.41) is 0. The lowest BCUT2D eigenvalue weighted by Gasteiger charge is -2.04. The van der Waals surface area contributed by atoms with E-state index in [1.807, 2.05) is 48.9 Å². The minimum absolute atomic E-state index is 0.0460. The monoisotopic (exact) mass is 239 g/mol. The third-order valence-corrected chi connectivity index (χ3v) is 3.16. The molecule has 0 aliphatic carbocycles. The van der Waals surface area contributed by atoms with E-state index >= 15 is 0 Å². The predicted molar refractivity (Wildman–Crippen MR) is 70.6 cm³/mol. The molecule has 0 spiro atoms. The van der Waals surface area contributed by atoms with Crippen molar-refractivity contribution in [2.75, 3.05) is 0 Å². The van der Waals surface area contributed by atoms with Crippen LogP contribution in [-0.4, -0.2) is 14.0 Å². The Hall–Kier alpha value is -2.36. The highest BCUT2D eigenvalue weighted by Crippen LogP contribution is 2.17. The molecule has 0 aliphatic heterocycles. The molecule has 90 valence electrons. The van der Waals surface area contributed by atoms with Crippen molar-refractivity contribution in [3.63, 3.8) is 0 Å². The molecule has 3 aromatic rings. The summed E-state index contributed by atoms with van der Waals surface area (Å²) in [5.41, 5.74) is 2.68. The number of hydrogen-bond acceptors (Lipinski definition) is 2. The van der Waals surface area contributed by atoms with Crippen molar-refractivity contribution >= 4 is 5.78 Å². The molecule has 3 rings (SSSR count). The fourth-order valence-electron chi connectivity index (χ4n) is 2.02. The molecule has 2 heterocycles. The largest absolute Gasteiger partial charge is 0.319 e. The lowest BCUT2D eigenvalue weighted by atomic mass is 10.2. The zero-order valence-corrected chi connectivity index (χ0v) is 10.3. The molecule has 0 bridgehead atoms. The first-order valence-corrected chi connectivity index (χ1v) is 5.78. The van der Waals surface area contributed by atoms with Crippen molar-refractivity contribution in [1.29, 1.82) is 0 Å². The van der Waals surface area contributed by atoms with E-state index in [9.17, 15) is 4.79 Å². The zero-order chi connectivity index (χ0) is 12.7. The molecule has 18 heavy (non-hydrogen) atoms. The van der Waals surface area contributed by atoms with E-state index in [0.717, 1.165) is 17.0 Å². The van der Waals surface area contributed by atoms with Gasteiger partial charge in [-0.2, -0.15) is 0 Å². The Balaban J connectivity index is 2.33. The third-order valence-electron chi connectivity index (χ3n) is 3.16. The molecule has 4 heteroatoms. The van der Waals surface area contributed by atoms with Crippen LogP contribution < -0.4 is 5.56 Å². The van der Waals surface area contributed by atoms with Gasteiger partial charge in [0, 0.05) is 30.6 Å². The second-order valence-corrected chi connectivity index (χ2v) is 4.35. The van der Waals surface area contributed by atoms with Gasteiger partial charge in [-0.25, -0.2) is 4.98 Å². The smallest absolute Gasteiger partial charge is 0.259 e. The minimum Gasteiger partial charge on any atom is -0.319 e. The Labute approximate surface area is 104 Å². The molecule has 0 unspecified atom stereocenters. The van der Waals surface area contributed by atoms with E-state index in [1.165, 1.54) is 0 Å². The lowest BCUT2D eigenvalue weighted by molar-refractivity contribution is 0.828. The van der Waals surface area contributed by atoms with E-state index in [2.05, 4.69) is 4.98 Å². The summed E-state index contributed by atoms with van der Waals surface area (Å²) >= 11 is 0. The van der Waals surface area contributed by atoms with E-state index < -0.39 is 0 Å². The summed E-state index contributed by atoms with van der Waals surface area (Å²) < 4.78 is 3.49. The summed E-state index contributed by atoms with van der Waals surface area (Å²) in [4.78, 5) is 16.4. The Morgan fingerprint density at radius 1 is 1.17 bits per heavy atom. The number of aromatic nitrogens is 3. The Bertz CT molecular complexity index is 769. The number of rotatable bonds is 1. The van der Waals surface area contributed by atoms with Crippen LogP contribution in [0.1, 0.15) is 5.69 Å². The molecular weight excluding hydrogens is 226 g/mol. The van der Waals surface area contributed by atoms with Crippen LogP contribution in [0, 0.1) is 6.92 Å². The first kappa shape index (κ1) is 10.8. The van der Waals surface area contributed by atoms with Crippen LogP contribution in [0.15, 0.2) is 47.4 Å². The predicted octanol–water partition coefficient (Wildman–Crippen LogP) is 2.01. The van der Waals surface area contributed by atoms with E-state index in [1.54, 1.807) is 16.7 Å². The number of imidazole rings is 1. The van der Waals surface area contributed by atoms with Crippen LogP contribution in [-0.2, 0) is 7.05 Å². The first-order valence-electron chi connectivity index (χ1n) is 5.78.